The van der Waals surface area contributed by atoms with E-state index in [1.54, 1.807) is 0 Å². The fourth-order valence-electron chi connectivity index (χ4n) is 2.40. The maximum Gasteiger partial charge on any atom is 0.337 e. The van der Waals surface area contributed by atoms with Gasteiger partial charge in [0.15, 0.2) is 12.4 Å². The van der Waals surface area contributed by atoms with Gasteiger partial charge in [-0.2, -0.15) is 0 Å². The van der Waals surface area contributed by atoms with E-state index in [9.17, 15) is 34.6 Å². The molecular weight excluding hydrogens is 418 g/mol. The van der Waals surface area contributed by atoms with Crippen molar-refractivity contribution in [1.82, 2.24) is 0 Å². The van der Waals surface area contributed by atoms with Crippen molar-refractivity contribution in [3.63, 3.8) is 0 Å². The molecule has 0 radical (unpaired) electrons. The van der Waals surface area contributed by atoms with Gasteiger partial charge in [0.1, 0.15) is 0 Å². The van der Waals surface area contributed by atoms with Crippen LogP contribution in [0.25, 0.3) is 0 Å². The fourth-order valence-corrected chi connectivity index (χ4v) is 2.40. The van der Waals surface area contributed by atoms with Crippen LogP contribution in [0.15, 0.2) is 36.4 Å². The van der Waals surface area contributed by atoms with E-state index in [0.29, 0.717) is 6.07 Å². The Morgan fingerprint density at radius 1 is 0.903 bits per heavy atom. The maximum absolute atomic E-state index is 12.2. The number of anilines is 1. The molecule has 0 aromatic heterocycles. The molecule has 0 fully saturated rings. The van der Waals surface area contributed by atoms with Crippen LogP contribution < -0.4 is 10.1 Å². The summed E-state index contributed by atoms with van der Waals surface area (Å²) in [6.45, 7) is -0.700. The number of nitrogens with zero attached hydrogens (tertiary/aromatic N) is 2. The molecule has 2 aromatic rings. The topological polar surface area (TPSA) is 177 Å². The average molecular weight is 433 g/mol. The van der Waals surface area contributed by atoms with Crippen molar-refractivity contribution in [3.8, 4) is 5.75 Å². The number of non-ortho nitro benzene ring substituents is 1. The van der Waals surface area contributed by atoms with Crippen molar-refractivity contribution in [2.24, 2.45) is 0 Å². The van der Waals surface area contributed by atoms with Crippen molar-refractivity contribution in [3.05, 3.63) is 67.8 Å². The van der Waals surface area contributed by atoms with E-state index in [0.717, 1.165) is 26.4 Å². The lowest BCUT2D eigenvalue weighted by molar-refractivity contribution is -0.394. The zero-order valence-corrected chi connectivity index (χ0v) is 16.1. The molecule has 0 unspecified atom stereocenters. The van der Waals surface area contributed by atoms with E-state index in [4.69, 9.17) is 4.74 Å². The molecule has 0 aliphatic heterocycles. The lowest BCUT2D eigenvalue weighted by Crippen LogP contribution is -2.21. The van der Waals surface area contributed by atoms with Crippen LogP contribution in [0, 0.1) is 20.2 Å². The Bertz CT molecular complexity index is 1030. The Kier molecular flexibility index (Phi) is 7.17. The summed E-state index contributed by atoms with van der Waals surface area (Å²) in [5.41, 5.74) is -1.24. The second-order valence-electron chi connectivity index (χ2n) is 5.79. The van der Waals surface area contributed by atoms with Crippen molar-refractivity contribution in [2.75, 3.05) is 26.1 Å². The van der Waals surface area contributed by atoms with E-state index in [1.165, 1.54) is 18.2 Å². The highest BCUT2D eigenvalue weighted by Gasteiger charge is 2.21. The first-order valence-corrected chi connectivity index (χ1v) is 8.33. The number of esters is 2. The van der Waals surface area contributed by atoms with Crippen LogP contribution in [0.3, 0.4) is 0 Å². The van der Waals surface area contributed by atoms with Gasteiger partial charge in [0.25, 0.3) is 11.6 Å². The molecule has 1 N–H and O–H groups in total. The van der Waals surface area contributed by atoms with Gasteiger partial charge in [0, 0.05) is 11.8 Å². The number of amides is 1. The SMILES string of the molecule is COC(=O)c1cc(NC(=O)COc2ccc([N+](=O)[O-])cc2[N+](=O)[O-])cc(C(=O)OC)c1. The number of nitrogens with one attached hydrogen (secondary N) is 1. The first kappa shape index (κ1) is 22.7. The number of nitro benzene ring substituents is 2. The van der Waals surface area contributed by atoms with Gasteiger partial charge < -0.3 is 19.5 Å². The Morgan fingerprint density at radius 3 is 1.97 bits per heavy atom. The molecule has 0 saturated heterocycles. The monoisotopic (exact) mass is 433 g/mol. The van der Waals surface area contributed by atoms with Crippen LogP contribution in [-0.4, -0.2) is 48.5 Å². The minimum absolute atomic E-state index is 0.0346. The highest BCUT2D eigenvalue weighted by Crippen LogP contribution is 2.31. The second kappa shape index (κ2) is 9.78. The third-order valence-corrected chi connectivity index (χ3v) is 3.77. The van der Waals surface area contributed by atoms with Crippen molar-refractivity contribution >= 4 is 34.9 Å². The Labute approximate surface area is 173 Å². The smallest absolute Gasteiger partial charge is 0.337 e. The number of benzene rings is 2. The molecule has 31 heavy (non-hydrogen) atoms. The quantitative estimate of drug-likeness (QED) is 0.368. The van der Waals surface area contributed by atoms with E-state index >= 15 is 0 Å². The summed E-state index contributed by atoms with van der Waals surface area (Å²) in [7, 11) is 2.27. The number of methoxy groups -OCH3 is 2. The standard InChI is InChI=1S/C18H15N3O10/c1-29-17(23)10-5-11(18(24)30-2)7-12(6-10)19-16(22)9-31-15-4-3-13(20(25)26)8-14(15)21(27)28/h3-8H,9H2,1-2H3,(H,19,22). The lowest BCUT2D eigenvalue weighted by Gasteiger charge is -2.10. The van der Waals surface area contributed by atoms with Crippen LogP contribution in [0.4, 0.5) is 17.1 Å². The molecule has 0 heterocycles. The summed E-state index contributed by atoms with van der Waals surface area (Å²) >= 11 is 0. The molecule has 0 aliphatic rings. The molecule has 0 atom stereocenters. The van der Waals surface area contributed by atoms with Gasteiger partial charge in [-0.15, -0.1) is 0 Å². The third-order valence-electron chi connectivity index (χ3n) is 3.77. The molecule has 0 bridgehead atoms. The van der Waals surface area contributed by atoms with Crippen LogP contribution in [0.2, 0.25) is 0 Å². The summed E-state index contributed by atoms with van der Waals surface area (Å²) < 4.78 is 14.3. The number of carbonyl (C=O) groups is 3. The first-order chi connectivity index (χ1) is 14.7. The number of ether oxygens (including phenoxy) is 3. The number of carbonyl (C=O) groups excluding carboxylic acids is 3. The predicted molar refractivity (Wildman–Crippen MR) is 103 cm³/mol. The van der Waals surface area contributed by atoms with Gasteiger partial charge in [0.2, 0.25) is 0 Å². The normalized spacial score (nSPS) is 10.0. The first-order valence-electron chi connectivity index (χ1n) is 8.33. The second-order valence-corrected chi connectivity index (χ2v) is 5.79. The largest absolute Gasteiger partial charge is 0.477 e. The zero-order chi connectivity index (χ0) is 23.1. The van der Waals surface area contributed by atoms with Crippen molar-refractivity contribution in [1.29, 1.82) is 0 Å². The molecule has 162 valence electrons. The van der Waals surface area contributed by atoms with Crippen molar-refractivity contribution < 1.29 is 38.4 Å². The van der Waals surface area contributed by atoms with E-state index < -0.39 is 45.7 Å². The van der Waals surface area contributed by atoms with E-state index in [1.807, 2.05) is 0 Å². The fraction of sp³-hybridized carbons (Fsp3) is 0.167. The van der Waals surface area contributed by atoms with Gasteiger partial charge in [-0.1, -0.05) is 0 Å². The molecule has 0 spiro atoms. The minimum Gasteiger partial charge on any atom is -0.477 e. The minimum atomic E-state index is -0.886. The zero-order valence-electron chi connectivity index (χ0n) is 16.1. The van der Waals surface area contributed by atoms with Crippen LogP contribution in [0.5, 0.6) is 5.75 Å². The Hall–Kier alpha value is -4.55. The highest BCUT2D eigenvalue weighted by molar-refractivity contribution is 5.99. The summed E-state index contributed by atoms with van der Waals surface area (Å²) in [5.74, 6) is -2.67. The molecule has 0 saturated carbocycles. The van der Waals surface area contributed by atoms with Gasteiger partial charge in [-0.25, -0.2) is 9.59 Å². The van der Waals surface area contributed by atoms with Crippen LogP contribution >= 0.6 is 0 Å². The molecule has 13 heteroatoms. The summed E-state index contributed by atoms with van der Waals surface area (Å²) in [5, 5.41) is 24.2. The van der Waals surface area contributed by atoms with Gasteiger partial charge in [-0.05, 0) is 24.3 Å². The summed E-state index contributed by atoms with van der Waals surface area (Å²) in [6, 6.07) is 6.38. The molecule has 1 amide bonds. The summed E-state index contributed by atoms with van der Waals surface area (Å²) in [4.78, 5) is 55.9. The number of rotatable bonds is 8. The third kappa shape index (κ3) is 5.72. The summed E-state index contributed by atoms with van der Waals surface area (Å²) in [6.07, 6.45) is 0. The lowest BCUT2D eigenvalue weighted by atomic mass is 10.1. The Balaban J connectivity index is 2.19. The van der Waals surface area contributed by atoms with Gasteiger partial charge in [-0.3, -0.25) is 25.0 Å². The Morgan fingerprint density at radius 2 is 1.48 bits per heavy atom. The highest BCUT2D eigenvalue weighted by atomic mass is 16.6. The van der Waals surface area contributed by atoms with Crippen molar-refractivity contribution in [2.45, 2.75) is 0 Å². The predicted octanol–water partition coefficient (Wildman–Crippen LogP) is 2.09. The average Bonchev–Trinajstić information content (AvgIpc) is 2.75. The molecule has 0 aliphatic carbocycles. The maximum atomic E-state index is 12.2. The van der Waals surface area contributed by atoms with E-state index in [2.05, 4.69) is 14.8 Å². The molecule has 2 aromatic carbocycles. The van der Waals surface area contributed by atoms with Gasteiger partial charge in [0.05, 0.1) is 41.3 Å². The van der Waals surface area contributed by atoms with Gasteiger partial charge >= 0.3 is 17.6 Å². The number of hydrogen-bond donors (Lipinski definition) is 1. The number of hydrogen-bond acceptors (Lipinski definition) is 10. The number of nitro groups is 2. The van der Waals surface area contributed by atoms with Crippen LogP contribution in [-0.2, 0) is 14.3 Å². The molecule has 13 nitrogen and oxygen atoms in total. The van der Waals surface area contributed by atoms with Crippen LogP contribution in [0.1, 0.15) is 20.7 Å². The molecule has 2 rings (SSSR count). The van der Waals surface area contributed by atoms with E-state index in [-0.39, 0.29) is 22.6 Å². The molecular formula is C18H15N3O10.